The lowest BCUT2D eigenvalue weighted by Gasteiger charge is -2.22. The van der Waals surface area contributed by atoms with Gasteiger partial charge in [-0.25, -0.2) is 12.8 Å². The van der Waals surface area contributed by atoms with Gasteiger partial charge in [-0.05, 0) is 37.1 Å². The van der Waals surface area contributed by atoms with Gasteiger partial charge in [0, 0.05) is 13.1 Å². The van der Waals surface area contributed by atoms with Crippen LogP contribution >= 0.6 is 12.4 Å². The van der Waals surface area contributed by atoms with Gasteiger partial charge in [-0.2, -0.15) is 4.31 Å². The number of rotatable bonds is 7. The third-order valence-corrected chi connectivity index (χ3v) is 5.45. The Bertz CT molecular complexity index is 754. The predicted molar refractivity (Wildman–Crippen MR) is 96.1 cm³/mol. The molecule has 4 nitrogen and oxygen atoms in total. The van der Waals surface area contributed by atoms with Crippen molar-refractivity contribution in [3.05, 3.63) is 65.5 Å². The first-order chi connectivity index (χ1) is 11.0. The summed E-state index contributed by atoms with van der Waals surface area (Å²) in [5.74, 6) is -0.696. The number of halogens is 2. The Morgan fingerprint density at radius 3 is 2.38 bits per heavy atom. The summed E-state index contributed by atoms with van der Waals surface area (Å²) < 4.78 is 41.3. The van der Waals surface area contributed by atoms with Crippen LogP contribution in [0.3, 0.4) is 0 Å². The molecule has 0 aromatic heterocycles. The molecule has 0 aliphatic rings. The average Bonchev–Trinajstić information content (AvgIpc) is 2.54. The van der Waals surface area contributed by atoms with Crippen molar-refractivity contribution in [2.24, 2.45) is 5.73 Å². The lowest BCUT2D eigenvalue weighted by molar-refractivity contribution is 0.398. The van der Waals surface area contributed by atoms with Crippen LogP contribution in [0.5, 0.6) is 0 Å². The third-order valence-electron chi connectivity index (χ3n) is 3.59. The molecule has 0 atom stereocenters. The predicted octanol–water partition coefficient (Wildman–Crippen LogP) is 3.10. The van der Waals surface area contributed by atoms with E-state index in [0.717, 1.165) is 5.56 Å². The van der Waals surface area contributed by atoms with E-state index in [4.69, 9.17) is 5.73 Å². The second kappa shape index (κ2) is 9.13. The Kier molecular flexibility index (Phi) is 7.83. The zero-order valence-electron chi connectivity index (χ0n) is 13.5. The molecule has 132 valence electrons. The van der Waals surface area contributed by atoms with E-state index in [1.807, 2.05) is 30.3 Å². The van der Waals surface area contributed by atoms with Crippen molar-refractivity contribution >= 4 is 22.4 Å². The van der Waals surface area contributed by atoms with Gasteiger partial charge in [-0.1, -0.05) is 42.5 Å². The van der Waals surface area contributed by atoms with E-state index in [1.54, 1.807) is 19.1 Å². The van der Waals surface area contributed by atoms with Gasteiger partial charge in [0.1, 0.15) is 10.7 Å². The highest BCUT2D eigenvalue weighted by Gasteiger charge is 2.27. The Morgan fingerprint density at radius 2 is 1.75 bits per heavy atom. The van der Waals surface area contributed by atoms with Gasteiger partial charge in [-0.3, -0.25) is 0 Å². The standard InChI is InChI=1S/C17H21FN2O2S.ClH/c1-14-7-5-10-16(17(14)18)23(21,22)20(12-6-11-19)13-15-8-3-2-4-9-15;/h2-5,7-10H,6,11-13,19H2,1H3;1H. The summed E-state index contributed by atoms with van der Waals surface area (Å²) in [6, 6.07) is 13.6. The maximum Gasteiger partial charge on any atom is 0.246 e. The van der Waals surface area contributed by atoms with E-state index >= 15 is 0 Å². The van der Waals surface area contributed by atoms with Gasteiger partial charge < -0.3 is 5.73 Å². The lowest BCUT2D eigenvalue weighted by Crippen LogP contribution is -2.33. The van der Waals surface area contributed by atoms with E-state index in [-0.39, 0.29) is 30.4 Å². The Morgan fingerprint density at radius 1 is 1.08 bits per heavy atom. The van der Waals surface area contributed by atoms with E-state index in [1.165, 1.54) is 10.4 Å². The van der Waals surface area contributed by atoms with Crippen molar-refractivity contribution in [2.75, 3.05) is 13.1 Å². The molecular weight excluding hydrogens is 351 g/mol. The Hall–Kier alpha value is -1.47. The molecule has 0 bridgehead atoms. The zero-order chi connectivity index (χ0) is 16.9. The highest BCUT2D eigenvalue weighted by atomic mass is 35.5. The number of sulfonamides is 1. The van der Waals surface area contributed by atoms with Gasteiger partial charge in [-0.15, -0.1) is 12.4 Å². The van der Waals surface area contributed by atoms with Crippen molar-refractivity contribution < 1.29 is 12.8 Å². The highest BCUT2D eigenvalue weighted by molar-refractivity contribution is 7.89. The molecule has 2 aromatic carbocycles. The topological polar surface area (TPSA) is 63.4 Å². The SMILES string of the molecule is Cc1cccc(S(=O)(=O)N(CCCN)Cc2ccccc2)c1F.Cl. The summed E-state index contributed by atoms with van der Waals surface area (Å²) in [5.41, 5.74) is 6.67. The zero-order valence-corrected chi connectivity index (χ0v) is 15.1. The van der Waals surface area contributed by atoms with Crippen molar-refractivity contribution in [1.82, 2.24) is 4.31 Å². The van der Waals surface area contributed by atoms with Gasteiger partial charge in [0.25, 0.3) is 0 Å². The summed E-state index contributed by atoms with van der Waals surface area (Å²) in [5, 5.41) is 0. The molecule has 0 radical (unpaired) electrons. The molecule has 2 aromatic rings. The fourth-order valence-electron chi connectivity index (χ4n) is 2.30. The second-order valence-corrected chi connectivity index (χ2v) is 7.26. The Labute approximate surface area is 148 Å². The number of nitrogens with two attached hydrogens (primary N) is 1. The van der Waals surface area contributed by atoms with Crippen LogP contribution in [0.15, 0.2) is 53.4 Å². The van der Waals surface area contributed by atoms with Crippen molar-refractivity contribution in [2.45, 2.75) is 24.8 Å². The average molecular weight is 373 g/mol. The largest absolute Gasteiger partial charge is 0.330 e. The molecule has 7 heteroatoms. The minimum Gasteiger partial charge on any atom is -0.330 e. The molecule has 2 rings (SSSR count). The van der Waals surface area contributed by atoms with Gasteiger partial charge in [0.15, 0.2) is 0 Å². The monoisotopic (exact) mass is 372 g/mol. The number of hydrogen-bond acceptors (Lipinski definition) is 3. The molecular formula is C17H22ClFN2O2S. The molecule has 0 fully saturated rings. The molecule has 0 saturated carbocycles. The molecule has 0 spiro atoms. The highest BCUT2D eigenvalue weighted by Crippen LogP contribution is 2.23. The first-order valence-electron chi connectivity index (χ1n) is 7.46. The molecule has 0 aliphatic carbocycles. The van der Waals surface area contributed by atoms with Crippen LogP contribution in [0.4, 0.5) is 4.39 Å². The quantitative estimate of drug-likeness (QED) is 0.812. The van der Waals surface area contributed by atoms with Gasteiger partial charge in [0.2, 0.25) is 10.0 Å². The van der Waals surface area contributed by atoms with Crippen molar-refractivity contribution in [3.8, 4) is 0 Å². The fraction of sp³-hybridized carbons (Fsp3) is 0.294. The maximum absolute atomic E-state index is 14.3. The lowest BCUT2D eigenvalue weighted by atomic mass is 10.2. The summed E-state index contributed by atoms with van der Waals surface area (Å²) in [7, 11) is -3.92. The number of hydrogen-bond donors (Lipinski definition) is 1. The number of nitrogens with zero attached hydrogens (tertiary/aromatic N) is 1. The summed E-state index contributed by atoms with van der Waals surface area (Å²) >= 11 is 0. The minimum atomic E-state index is -3.92. The van der Waals surface area contributed by atoms with Crippen molar-refractivity contribution in [1.29, 1.82) is 0 Å². The van der Waals surface area contributed by atoms with E-state index in [9.17, 15) is 12.8 Å². The minimum absolute atomic E-state index is 0. The number of aryl methyl sites for hydroxylation is 1. The first kappa shape index (κ1) is 20.6. The van der Waals surface area contributed by atoms with E-state index in [0.29, 0.717) is 18.5 Å². The molecule has 24 heavy (non-hydrogen) atoms. The third kappa shape index (κ3) is 4.77. The molecule has 0 saturated heterocycles. The van der Waals surface area contributed by atoms with Crippen LogP contribution in [-0.4, -0.2) is 25.8 Å². The van der Waals surface area contributed by atoms with Crippen LogP contribution < -0.4 is 5.73 Å². The van der Waals surface area contributed by atoms with Crippen molar-refractivity contribution in [3.63, 3.8) is 0 Å². The molecule has 0 unspecified atom stereocenters. The van der Waals surface area contributed by atoms with Crippen LogP contribution in [0.2, 0.25) is 0 Å². The van der Waals surface area contributed by atoms with Gasteiger partial charge >= 0.3 is 0 Å². The maximum atomic E-state index is 14.3. The summed E-state index contributed by atoms with van der Waals surface area (Å²) in [4.78, 5) is -0.287. The van der Waals surface area contributed by atoms with Crippen LogP contribution in [0.25, 0.3) is 0 Å². The molecule has 0 heterocycles. The van der Waals surface area contributed by atoms with E-state index in [2.05, 4.69) is 0 Å². The number of benzene rings is 2. The normalized spacial score (nSPS) is 11.3. The molecule has 2 N–H and O–H groups in total. The van der Waals surface area contributed by atoms with Crippen LogP contribution in [0.1, 0.15) is 17.5 Å². The fourth-order valence-corrected chi connectivity index (χ4v) is 3.90. The van der Waals surface area contributed by atoms with Crippen LogP contribution in [0, 0.1) is 12.7 Å². The Balaban J connectivity index is 0.00000288. The van der Waals surface area contributed by atoms with Crippen LogP contribution in [-0.2, 0) is 16.6 Å². The van der Waals surface area contributed by atoms with Gasteiger partial charge in [0.05, 0.1) is 0 Å². The molecule has 0 aliphatic heterocycles. The smallest absolute Gasteiger partial charge is 0.246 e. The summed E-state index contributed by atoms with van der Waals surface area (Å²) in [6.45, 7) is 2.37. The summed E-state index contributed by atoms with van der Waals surface area (Å²) in [6.07, 6.45) is 0.513. The molecule has 0 amide bonds. The second-order valence-electron chi connectivity index (χ2n) is 5.35. The first-order valence-corrected chi connectivity index (χ1v) is 8.90. The van der Waals surface area contributed by atoms with E-state index < -0.39 is 15.8 Å².